The van der Waals surface area contributed by atoms with E-state index < -0.39 is 30.9 Å². The van der Waals surface area contributed by atoms with Crippen LogP contribution in [0.2, 0.25) is 0 Å². The highest BCUT2D eigenvalue weighted by molar-refractivity contribution is 5.91. The van der Waals surface area contributed by atoms with Gasteiger partial charge in [0.25, 0.3) is 0 Å². The van der Waals surface area contributed by atoms with Crippen LogP contribution in [0, 0.1) is 6.92 Å². The maximum absolute atomic E-state index is 12.0. The molecule has 0 bridgehead atoms. The minimum absolute atomic E-state index is 0.368. The molecule has 0 saturated carbocycles. The second-order valence-corrected chi connectivity index (χ2v) is 4.41. The van der Waals surface area contributed by atoms with E-state index in [1.54, 1.807) is 19.1 Å². The van der Waals surface area contributed by atoms with Gasteiger partial charge in [-0.05, 0) is 36.3 Å². The van der Waals surface area contributed by atoms with Crippen LogP contribution in [0.3, 0.4) is 0 Å². The van der Waals surface area contributed by atoms with E-state index in [4.69, 9.17) is 5.11 Å². The number of anilines is 1. The van der Waals surface area contributed by atoms with Crippen LogP contribution in [-0.4, -0.2) is 23.2 Å². The standard InChI is InChI=1S/C14H14F3NO3/c1-9-8-11(4-2-10(9)3-5-13(20)21)18-12(19)6-7-14(15,16)17/h2-5,8H,6-7H2,1H3,(H,18,19)(H,20,21). The molecular formula is C14H14F3NO3. The molecule has 0 radical (unpaired) electrons. The molecule has 0 aliphatic heterocycles. The van der Waals surface area contributed by atoms with Crippen LogP contribution in [0.4, 0.5) is 18.9 Å². The lowest BCUT2D eigenvalue weighted by atomic mass is 10.1. The Morgan fingerprint density at radius 1 is 1.33 bits per heavy atom. The Morgan fingerprint density at radius 3 is 2.52 bits per heavy atom. The number of alkyl halides is 3. The lowest BCUT2D eigenvalue weighted by molar-refractivity contribution is -0.142. The smallest absolute Gasteiger partial charge is 0.389 e. The van der Waals surface area contributed by atoms with Crippen molar-refractivity contribution in [3.05, 3.63) is 35.4 Å². The summed E-state index contributed by atoms with van der Waals surface area (Å²) in [7, 11) is 0. The van der Waals surface area contributed by atoms with E-state index in [0.29, 0.717) is 16.8 Å². The number of hydrogen-bond acceptors (Lipinski definition) is 2. The Labute approximate surface area is 119 Å². The highest BCUT2D eigenvalue weighted by Gasteiger charge is 2.27. The predicted molar refractivity (Wildman–Crippen MR) is 71.8 cm³/mol. The molecule has 7 heteroatoms. The lowest BCUT2D eigenvalue weighted by Gasteiger charge is -2.09. The predicted octanol–water partition coefficient (Wildman–Crippen LogP) is 3.37. The zero-order valence-corrected chi connectivity index (χ0v) is 11.2. The summed E-state index contributed by atoms with van der Waals surface area (Å²) in [5.41, 5.74) is 1.71. The number of halogens is 3. The van der Waals surface area contributed by atoms with Crippen LogP contribution in [0.25, 0.3) is 6.08 Å². The van der Waals surface area contributed by atoms with Gasteiger partial charge in [-0.25, -0.2) is 4.79 Å². The van der Waals surface area contributed by atoms with Gasteiger partial charge in [0.15, 0.2) is 0 Å². The summed E-state index contributed by atoms with van der Waals surface area (Å²) in [5, 5.41) is 10.9. The van der Waals surface area contributed by atoms with Crippen molar-refractivity contribution >= 4 is 23.6 Å². The average molecular weight is 301 g/mol. The molecule has 21 heavy (non-hydrogen) atoms. The Morgan fingerprint density at radius 2 is 2.00 bits per heavy atom. The van der Waals surface area contributed by atoms with Crippen molar-refractivity contribution < 1.29 is 27.9 Å². The van der Waals surface area contributed by atoms with E-state index in [-0.39, 0.29) is 0 Å². The molecule has 1 aromatic carbocycles. The van der Waals surface area contributed by atoms with Crippen LogP contribution < -0.4 is 5.32 Å². The highest BCUT2D eigenvalue weighted by atomic mass is 19.4. The number of aliphatic carboxylic acids is 1. The van der Waals surface area contributed by atoms with E-state index in [9.17, 15) is 22.8 Å². The average Bonchev–Trinajstić information content (AvgIpc) is 2.34. The molecule has 114 valence electrons. The van der Waals surface area contributed by atoms with Gasteiger partial charge in [-0.3, -0.25) is 4.79 Å². The zero-order chi connectivity index (χ0) is 16.0. The van der Waals surface area contributed by atoms with E-state index >= 15 is 0 Å². The summed E-state index contributed by atoms with van der Waals surface area (Å²) in [6, 6.07) is 4.64. The second kappa shape index (κ2) is 6.92. The first-order chi connectivity index (χ1) is 9.67. The number of carbonyl (C=O) groups is 2. The number of carboxylic acid groups (broad SMARTS) is 1. The van der Waals surface area contributed by atoms with E-state index in [2.05, 4.69) is 5.32 Å². The molecule has 1 aromatic rings. The van der Waals surface area contributed by atoms with Crippen molar-refractivity contribution in [2.75, 3.05) is 5.32 Å². The number of carboxylic acids is 1. The Hall–Kier alpha value is -2.31. The first kappa shape index (κ1) is 16.7. The largest absolute Gasteiger partial charge is 0.478 e. The third-order valence-electron chi connectivity index (χ3n) is 2.59. The SMILES string of the molecule is Cc1cc(NC(=O)CCC(F)(F)F)ccc1C=CC(=O)O. The maximum atomic E-state index is 12.0. The van der Waals surface area contributed by atoms with Crippen molar-refractivity contribution in [2.45, 2.75) is 25.9 Å². The summed E-state index contributed by atoms with van der Waals surface area (Å²) in [5.74, 6) is -1.81. The quantitative estimate of drug-likeness (QED) is 0.819. The van der Waals surface area contributed by atoms with Gasteiger partial charge in [-0.15, -0.1) is 0 Å². The van der Waals surface area contributed by atoms with Crippen LogP contribution in [0.5, 0.6) is 0 Å². The van der Waals surface area contributed by atoms with Crippen molar-refractivity contribution in [1.29, 1.82) is 0 Å². The molecule has 0 heterocycles. The fourth-order valence-corrected chi connectivity index (χ4v) is 1.58. The van der Waals surface area contributed by atoms with Crippen molar-refractivity contribution in [2.24, 2.45) is 0 Å². The summed E-state index contributed by atoms with van der Waals surface area (Å²) >= 11 is 0. The maximum Gasteiger partial charge on any atom is 0.389 e. The molecule has 1 amide bonds. The molecule has 0 aliphatic carbocycles. The summed E-state index contributed by atoms with van der Waals surface area (Å²) in [6.45, 7) is 1.70. The van der Waals surface area contributed by atoms with Gasteiger partial charge in [0, 0.05) is 18.2 Å². The highest BCUT2D eigenvalue weighted by Crippen LogP contribution is 2.22. The molecule has 0 fully saturated rings. The summed E-state index contributed by atoms with van der Waals surface area (Å²) in [6.07, 6.45) is -3.80. The molecule has 0 aromatic heterocycles. The number of carbonyl (C=O) groups excluding carboxylic acids is 1. The number of rotatable bonds is 5. The van der Waals surface area contributed by atoms with Gasteiger partial charge in [0.05, 0.1) is 6.42 Å². The zero-order valence-electron chi connectivity index (χ0n) is 11.2. The molecule has 2 N–H and O–H groups in total. The normalized spacial score (nSPS) is 11.6. The molecule has 4 nitrogen and oxygen atoms in total. The molecular weight excluding hydrogens is 287 g/mol. The molecule has 0 unspecified atom stereocenters. The second-order valence-electron chi connectivity index (χ2n) is 4.41. The van der Waals surface area contributed by atoms with Gasteiger partial charge >= 0.3 is 12.1 Å². The minimum atomic E-state index is -4.36. The van der Waals surface area contributed by atoms with Crippen molar-refractivity contribution in [3.63, 3.8) is 0 Å². The first-order valence-corrected chi connectivity index (χ1v) is 6.05. The fourth-order valence-electron chi connectivity index (χ4n) is 1.58. The van der Waals surface area contributed by atoms with E-state index in [1.807, 2.05) is 0 Å². The number of hydrogen-bond donors (Lipinski definition) is 2. The fraction of sp³-hybridized carbons (Fsp3) is 0.286. The van der Waals surface area contributed by atoms with Crippen LogP contribution in [0.15, 0.2) is 24.3 Å². The van der Waals surface area contributed by atoms with Crippen molar-refractivity contribution in [1.82, 2.24) is 0 Å². The third kappa shape index (κ3) is 6.60. The molecule has 0 atom stereocenters. The molecule has 1 rings (SSSR count). The van der Waals surface area contributed by atoms with Gasteiger partial charge in [0.2, 0.25) is 5.91 Å². The number of nitrogens with one attached hydrogen (secondary N) is 1. The molecule has 0 saturated heterocycles. The summed E-state index contributed by atoms with van der Waals surface area (Å²) < 4.78 is 36.0. The summed E-state index contributed by atoms with van der Waals surface area (Å²) in [4.78, 5) is 21.8. The monoisotopic (exact) mass is 301 g/mol. The van der Waals surface area contributed by atoms with Crippen LogP contribution >= 0.6 is 0 Å². The minimum Gasteiger partial charge on any atom is -0.478 e. The van der Waals surface area contributed by atoms with Crippen molar-refractivity contribution in [3.8, 4) is 0 Å². The third-order valence-corrected chi connectivity index (χ3v) is 2.59. The Bertz CT molecular complexity index is 565. The van der Waals surface area contributed by atoms with Gasteiger partial charge in [-0.2, -0.15) is 13.2 Å². The number of amides is 1. The number of benzene rings is 1. The lowest BCUT2D eigenvalue weighted by Crippen LogP contribution is -2.16. The van der Waals surface area contributed by atoms with Gasteiger partial charge in [0.1, 0.15) is 0 Å². The van der Waals surface area contributed by atoms with Gasteiger partial charge in [-0.1, -0.05) is 6.07 Å². The topological polar surface area (TPSA) is 66.4 Å². The Kier molecular flexibility index (Phi) is 5.52. The van der Waals surface area contributed by atoms with E-state index in [0.717, 1.165) is 6.08 Å². The first-order valence-electron chi connectivity index (χ1n) is 6.05. The Balaban J connectivity index is 2.67. The van der Waals surface area contributed by atoms with Crippen LogP contribution in [-0.2, 0) is 9.59 Å². The van der Waals surface area contributed by atoms with E-state index in [1.165, 1.54) is 12.1 Å². The number of aryl methyl sites for hydroxylation is 1. The molecule has 0 aliphatic rings. The van der Waals surface area contributed by atoms with Crippen LogP contribution in [0.1, 0.15) is 24.0 Å². The molecule has 0 spiro atoms. The van der Waals surface area contributed by atoms with Gasteiger partial charge < -0.3 is 10.4 Å².